The van der Waals surface area contributed by atoms with E-state index in [-0.39, 0.29) is 11.8 Å². The smallest absolute Gasteiger partial charge is 0.219 e. The Bertz CT molecular complexity index is 458. The topological polar surface area (TPSA) is 76.7 Å². The summed E-state index contributed by atoms with van der Waals surface area (Å²) in [5, 5.41) is 5.85. The molecule has 0 spiro atoms. The van der Waals surface area contributed by atoms with Gasteiger partial charge in [0.1, 0.15) is 0 Å². The van der Waals surface area contributed by atoms with Crippen LogP contribution >= 0.6 is 0 Å². The van der Waals surface area contributed by atoms with Crippen LogP contribution in [-0.2, 0) is 19.1 Å². The van der Waals surface area contributed by atoms with Gasteiger partial charge in [0, 0.05) is 53.4 Å². The monoisotopic (exact) mass is 543 g/mol. The van der Waals surface area contributed by atoms with Gasteiger partial charge in [0.05, 0.1) is 0 Å². The predicted molar refractivity (Wildman–Crippen MR) is 163 cm³/mol. The van der Waals surface area contributed by atoms with Crippen molar-refractivity contribution in [1.29, 1.82) is 0 Å². The van der Waals surface area contributed by atoms with Crippen molar-refractivity contribution in [2.75, 3.05) is 40.5 Å². The second kappa shape index (κ2) is 32.1. The highest BCUT2D eigenvalue weighted by molar-refractivity contribution is 5.76. The van der Waals surface area contributed by atoms with E-state index in [1.807, 2.05) is 0 Å². The number of rotatable bonds is 26. The molecule has 228 valence electrons. The Morgan fingerprint density at radius 2 is 0.921 bits per heavy atom. The Morgan fingerprint density at radius 1 is 0.553 bits per heavy atom. The van der Waals surface area contributed by atoms with Crippen LogP contribution in [0.4, 0.5) is 0 Å². The van der Waals surface area contributed by atoms with Crippen LogP contribution < -0.4 is 10.6 Å². The molecular formula is C32H66N2O4. The van der Waals surface area contributed by atoms with Gasteiger partial charge in [-0.2, -0.15) is 0 Å². The molecular weight excluding hydrogens is 476 g/mol. The van der Waals surface area contributed by atoms with Gasteiger partial charge < -0.3 is 20.1 Å². The zero-order valence-corrected chi connectivity index (χ0v) is 26.3. The van der Waals surface area contributed by atoms with E-state index >= 15 is 0 Å². The van der Waals surface area contributed by atoms with Crippen LogP contribution in [0, 0.1) is 11.8 Å². The Morgan fingerprint density at radius 3 is 1.26 bits per heavy atom. The maximum Gasteiger partial charge on any atom is 0.219 e. The number of hydrogen-bond donors (Lipinski definition) is 2. The highest BCUT2D eigenvalue weighted by Gasteiger charge is 2.03. The second-order valence-corrected chi connectivity index (χ2v) is 11.1. The Balaban J connectivity index is 0. The molecule has 0 aliphatic heterocycles. The molecule has 2 amide bonds. The van der Waals surface area contributed by atoms with Gasteiger partial charge in [0.25, 0.3) is 0 Å². The quantitative estimate of drug-likeness (QED) is 0.109. The predicted octanol–water partition coefficient (Wildman–Crippen LogP) is 7.83. The number of carbonyl (C=O) groups excluding carboxylic acids is 2. The lowest BCUT2D eigenvalue weighted by Crippen LogP contribution is -2.24. The van der Waals surface area contributed by atoms with Gasteiger partial charge in [-0.15, -0.1) is 0 Å². The molecule has 0 radical (unpaired) electrons. The number of methoxy groups -OCH3 is 2. The van der Waals surface area contributed by atoms with Crippen LogP contribution in [0.5, 0.6) is 0 Å². The Labute approximate surface area is 237 Å². The first-order valence-corrected chi connectivity index (χ1v) is 15.9. The van der Waals surface area contributed by atoms with Gasteiger partial charge in [-0.25, -0.2) is 0 Å². The van der Waals surface area contributed by atoms with E-state index in [0.717, 1.165) is 63.8 Å². The highest BCUT2D eigenvalue weighted by Crippen LogP contribution is 2.16. The normalized spacial score (nSPS) is 12.4. The molecule has 2 N–H and O–H groups in total. The SMILES string of the molecule is CCCC(C)CCCCCCC(=O)NCCCOC.CCCC(C)CCCCCCC(=O)NCCCOC. The molecule has 2 unspecified atom stereocenters. The lowest BCUT2D eigenvalue weighted by atomic mass is 9.98. The number of nitrogens with one attached hydrogen (secondary N) is 2. The molecule has 2 atom stereocenters. The van der Waals surface area contributed by atoms with Gasteiger partial charge in [-0.1, -0.05) is 105 Å². The zero-order chi connectivity index (χ0) is 28.7. The lowest BCUT2D eigenvalue weighted by Gasteiger charge is -2.09. The summed E-state index contributed by atoms with van der Waals surface area (Å²) in [6, 6.07) is 0. The summed E-state index contributed by atoms with van der Waals surface area (Å²) in [6.07, 6.45) is 20.7. The van der Waals surface area contributed by atoms with E-state index < -0.39 is 0 Å². The van der Waals surface area contributed by atoms with Crippen LogP contribution in [0.3, 0.4) is 0 Å². The molecule has 0 bridgehead atoms. The molecule has 0 aromatic rings. The fraction of sp³-hybridized carbons (Fsp3) is 0.938. The van der Waals surface area contributed by atoms with Crippen molar-refractivity contribution in [2.45, 2.75) is 143 Å². The number of amides is 2. The summed E-state index contributed by atoms with van der Waals surface area (Å²) in [6.45, 7) is 12.1. The second-order valence-electron chi connectivity index (χ2n) is 11.1. The van der Waals surface area contributed by atoms with E-state index in [1.54, 1.807) is 14.2 Å². The van der Waals surface area contributed by atoms with Crippen LogP contribution in [0.2, 0.25) is 0 Å². The van der Waals surface area contributed by atoms with E-state index in [9.17, 15) is 9.59 Å². The molecule has 0 rings (SSSR count). The van der Waals surface area contributed by atoms with Gasteiger partial charge >= 0.3 is 0 Å². The molecule has 0 saturated carbocycles. The van der Waals surface area contributed by atoms with Gasteiger partial charge in [0.15, 0.2) is 0 Å². The number of carbonyl (C=O) groups is 2. The number of hydrogen-bond acceptors (Lipinski definition) is 4. The summed E-state index contributed by atoms with van der Waals surface area (Å²) in [5.74, 6) is 2.12. The third-order valence-corrected chi connectivity index (χ3v) is 6.96. The van der Waals surface area contributed by atoms with Crippen molar-refractivity contribution < 1.29 is 19.1 Å². The summed E-state index contributed by atoms with van der Waals surface area (Å²) >= 11 is 0. The fourth-order valence-corrected chi connectivity index (χ4v) is 4.60. The van der Waals surface area contributed by atoms with Crippen LogP contribution in [0.15, 0.2) is 0 Å². The van der Waals surface area contributed by atoms with Gasteiger partial charge in [-0.3, -0.25) is 9.59 Å². The summed E-state index contributed by atoms with van der Waals surface area (Å²) in [4.78, 5) is 23.0. The van der Waals surface area contributed by atoms with Crippen LogP contribution in [-0.4, -0.2) is 52.3 Å². The van der Waals surface area contributed by atoms with Crippen LogP contribution in [0.25, 0.3) is 0 Å². The largest absolute Gasteiger partial charge is 0.385 e. The first kappa shape index (κ1) is 39.0. The first-order valence-electron chi connectivity index (χ1n) is 15.9. The molecule has 0 fully saturated rings. The van der Waals surface area contributed by atoms with Crippen molar-refractivity contribution in [3.8, 4) is 0 Å². The molecule has 0 aromatic heterocycles. The highest BCUT2D eigenvalue weighted by atomic mass is 16.5. The zero-order valence-electron chi connectivity index (χ0n) is 26.3. The molecule has 0 aliphatic rings. The van der Waals surface area contributed by atoms with Gasteiger partial charge in [-0.05, 0) is 37.5 Å². The first-order chi connectivity index (χ1) is 18.4. The standard InChI is InChI=1S/2C16H33NO2/c2*1-4-10-15(2)11-7-5-6-8-12-16(18)17-13-9-14-19-3/h2*15H,4-14H2,1-3H3,(H,17,18). The fourth-order valence-electron chi connectivity index (χ4n) is 4.60. The van der Waals surface area contributed by atoms with Crippen molar-refractivity contribution in [3.05, 3.63) is 0 Å². The lowest BCUT2D eigenvalue weighted by molar-refractivity contribution is -0.122. The van der Waals surface area contributed by atoms with E-state index in [2.05, 4.69) is 38.3 Å². The van der Waals surface area contributed by atoms with Crippen molar-refractivity contribution in [3.63, 3.8) is 0 Å². The van der Waals surface area contributed by atoms with Crippen LogP contribution in [0.1, 0.15) is 143 Å². The van der Waals surface area contributed by atoms with Gasteiger partial charge in [0.2, 0.25) is 11.8 Å². The summed E-state index contributed by atoms with van der Waals surface area (Å²) in [5.41, 5.74) is 0. The minimum Gasteiger partial charge on any atom is -0.385 e. The van der Waals surface area contributed by atoms with E-state index in [4.69, 9.17) is 9.47 Å². The maximum absolute atomic E-state index is 11.5. The Kier molecular flexibility index (Phi) is 32.9. The third kappa shape index (κ3) is 32.9. The average Bonchev–Trinajstić information content (AvgIpc) is 2.89. The Hall–Kier alpha value is -1.14. The maximum atomic E-state index is 11.5. The molecule has 0 aliphatic carbocycles. The van der Waals surface area contributed by atoms with E-state index in [0.29, 0.717) is 12.8 Å². The summed E-state index contributed by atoms with van der Waals surface area (Å²) in [7, 11) is 3.37. The van der Waals surface area contributed by atoms with E-state index in [1.165, 1.54) is 77.0 Å². The minimum absolute atomic E-state index is 0.190. The molecule has 38 heavy (non-hydrogen) atoms. The average molecular weight is 543 g/mol. The molecule has 0 saturated heterocycles. The van der Waals surface area contributed by atoms with Crippen molar-refractivity contribution in [2.24, 2.45) is 11.8 Å². The minimum atomic E-state index is 0.190. The summed E-state index contributed by atoms with van der Waals surface area (Å²) < 4.78 is 9.87. The molecule has 0 aromatic carbocycles. The third-order valence-electron chi connectivity index (χ3n) is 6.96. The number of ether oxygens (including phenoxy) is 2. The van der Waals surface area contributed by atoms with Crippen molar-refractivity contribution >= 4 is 11.8 Å². The molecule has 6 heteroatoms. The molecule has 6 nitrogen and oxygen atoms in total. The number of unbranched alkanes of at least 4 members (excludes halogenated alkanes) is 6. The molecule has 0 heterocycles. The van der Waals surface area contributed by atoms with Crippen molar-refractivity contribution in [1.82, 2.24) is 10.6 Å².